The second kappa shape index (κ2) is 3.34. The van der Waals surface area contributed by atoms with Crippen LogP contribution in [0.3, 0.4) is 0 Å². The average molecular weight is 201 g/mol. The van der Waals surface area contributed by atoms with Crippen LogP contribution in [0.2, 0.25) is 0 Å². The number of rotatable bonds is 3. The van der Waals surface area contributed by atoms with E-state index in [1.165, 1.54) is 37.7 Å². The number of hydrogen-bond acceptors (Lipinski definition) is 1. The van der Waals surface area contributed by atoms with Crippen LogP contribution in [0.1, 0.15) is 37.7 Å². The third-order valence-corrected chi connectivity index (χ3v) is 4.43. The molecule has 0 heterocycles. The highest BCUT2D eigenvalue weighted by atomic mass is 14.8. The van der Waals surface area contributed by atoms with Gasteiger partial charge in [0, 0.05) is 11.5 Å². The molecule has 1 heteroatoms. The van der Waals surface area contributed by atoms with Gasteiger partial charge in [0.1, 0.15) is 0 Å². The molecule has 2 fully saturated rings. The van der Waals surface area contributed by atoms with Crippen LogP contribution in [0.15, 0.2) is 30.3 Å². The number of benzene rings is 1. The molecule has 80 valence electrons. The number of hydrogen-bond donors (Lipinski definition) is 1. The second-order valence-corrected chi connectivity index (χ2v) is 5.24. The first-order valence-electron chi connectivity index (χ1n) is 6.14. The maximum absolute atomic E-state index is 6.45. The van der Waals surface area contributed by atoms with Gasteiger partial charge in [-0.15, -0.1) is 0 Å². The van der Waals surface area contributed by atoms with E-state index in [0.717, 1.165) is 5.92 Å². The molecule has 2 aliphatic rings. The van der Waals surface area contributed by atoms with E-state index in [9.17, 15) is 0 Å². The van der Waals surface area contributed by atoms with Crippen LogP contribution < -0.4 is 5.73 Å². The Morgan fingerprint density at radius 2 is 1.80 bits per heavy atom. The van der Waals surface area contributed by atoms with Crippen molar-refractivity contribution in [2.45, 2.75) is 43.6 Å². The minimum absolute atomic E-state index is 0.354. The smallest absolute Gasteiger partial charge is 0.0165 e. The molecule has 0 bridgehead atoms. The molecule has 1 nitrogen and oxygen atoms in total. The summed E-state index contributed by atoms with van der Waals surface area (Å²) in [6.45, 7) is 0. The second-order valence-electron chi connectivity index (χ2n) is 5.24. The first-order valence-corrected chi connectivity index (χ1v) is 6.14. The van der Waals surface area contributed by atoms with Crippen molar-refractivity contribution in [2.75, 3.05) is 0 Å². The summed E-state index contributed by atoms with van der Waals surface area (Å²) in [6.07, 6.45) is 6.71. The van der Waals surface area contributed by atoms with Crippen molar-refractivity contribution >= 4 is 0 Å². The molecule has 1 aromatic carbocycles. The summed E-state index contributed by atoms with van der Waals surface area (Å²) >= 11 is 0. The monoisotopic (exact) mass is 201 g/mol. The fraction of sp³-hybridized carbons (Fsp3) is 0.571. The standard InChI is InChI=1S/C14H19N/c15-13(11-5-4-6-11)14(9-10-14)12-7-2-1-3-8-12/h1-3,7-8,11,13H,4-6,9-10,15H2. The average Bonchev–Trinajstić information content (AvgIpc) is 2.97. The fourth-order valence-corrected chi connectivity index (χ4v) is 2.97. The summed E-state index contributed by atoms with van der Waals surface area (Å²) in [5.74, 6) is 0.799. The van der Waals surface area contributed by atoms with Gasteiger partial charge in [0.2, 0.25) is 0 Å². The maximum atomic E-state index is 6.45. The minimum atomic E-state index is 0.354. The third kappa shape index (κ3) is 1.41. The molecule has 0 aliphatic heterocycles. The van der Waals surface area contributed by atoms with Gasteiger partial charge in [-0.25, -0.2) is 0 Å². The molecular formula is C14H19N. The van der Waals surface area contributed by atoms with E-state index >= 15 is 0 Å². The number of nitrogens with two attached hydrogens (primary N) is 1. The van der Waals surface area contributed by atoms with Crippen LogP contribution in [0, 0.1) is 5.92 Å². The lowest BCUT2D eigenvalue weighted by molar-refractivity contribution is 0.228. The Bertz CT molecular complexity index is 336. The first-order chi connectivity index (χ1) is 7.33. The molecule has 2 saturated carbocycles. The van der Waals surface area contributed by atoms with Crippen LogP contribution in [-0.2, 0) is 5.41 Å². The Labute approximate surface area is 91.7 Å². The molecule has 2 aliphatic carbocycles. The Hall–Kier alpha value is -0.820. The lowest BCUT2D eigenvalue weighted by atomic mass is 9.72. The van der Waals surface area contributed by atoms with E-state index in [4.69, 9.17) is 5.73 Å². The van der Waals surface area contributed by atoms with Crippen LogP contribution in [-0.4, -0.2) is 6.04 Å². The van der Waals surface area contributed by atoms with Crippen molar-refractivity contribution in [3.05, 3.63) is 35.9 Å². The van der Waals surface area contributed by atoms with Gasteiger partial charge < -0.3 is 5.73 Å². The molecule has 2 N–H and O–H groups in total. The van der Waals surface area contributed by atoms with Crippen molar-refractivity contribution in [3.63, 3.8) is 0 Å². The molecule has 1 aromatic rings. The molecule has 3 rings (SSSR count). The van der Waals surface area contributed by atoms with E-state index in [1.54, 1.807) is 0 Å². The minimum Gasteiger partial charge on any atom is -0.327 e. The zero-order chi connectivity index (χ0) is 10.3. The largest absolute Gasteiger partial charge is 0.327 e. The van der Waals surface area contributed by atoms with Gasteiger partial charge in [0.25, 0.3) is 0 Å². The Morgan fingerprint density at radius 1 is 1.13 bits per heavy atom. The van der Waals surface area contributed by atoms with Crippen LogP contribution >= 0.6 is 0 Å². The SMILES string of the molecule is NC(C1CCC1)C1(c2ccccc2)CC1. The van der Waals surface area contributed by atoms with E-state index in [-0.39, 0.29) is 0 Å². The van der Waals surface area contributed by atoms with Crippen molar-refractivity contribution in [1.82, 2.24) is 0 Å². The van der Waals surface area contributed by atoms with Gasteiger partial charge in [-0.2, -0.15) is 0 Å². The lowest BCUT2D eigenvalue weighted by Crippen LogP contribution is -2.44. The van der Waals surface area contributed by atoms with Crippen LogP contribution in [0.5, 0.6) is 0 Å². The van der Waals surface area contributed by atoms with Gasteiger partial charge in [0.05, 0.1) is 0 Å². The summed E-state index contributed by atoms with van der Waals surface area (Å²) in [5, 5.41) is 0. The molecule has 0 spiro atoms. The van der Waals surface area contributed by atoms with Gasteiger partial charge in [0.15, 0.2) is 0 Å². The first kappa shape index (κ1) is 9.41. The van der Waals surface area contributed by atoms with Gasteiger partial charge in [-0.1, -0.05) is 36.8 Å². The highest BCUT2D eigenvalue weighted by molar-refractivity contribution is 5.34. The highest BCUT2D eigenvalue weighted by Gasteiger charge is 2.52. The summed E-state index contributed by atoms with van der Waals surface area (Å²) in [4.78, 5) is 0. The predicted molar refractivity (Wildman–Crippen MR) is 62.7 cm³/mol. The van der Waals surface area contributed by atoms with Gasteiger partial charge in [-0.05, 0) is 37.2 Å². The maximum Gasteiger partial charge on any atom is 0.0165 e. The summed E-state index contributed by atoms with van der Waals surface area (Å²) in [7, 11) is 0. The zero-order valence-electron chi connectivity index (χ0n) is 9.15. The van der Waals surface area contributed by atoms with E-state index in [0.29, 0.717) is 11.5 Å². The van der Waals surface area contributed by atoms with Crippen molar-refractivity contribution in [2.24, 2.45) is 11.7 Å². The van der Waals surface area contributed by atoms with E-state index in [2.05, 4.69) is 30.3 Å². The molecule has 1 unspecified atom stereocenters. The summed E-state index contributed by atoms with van der Waals surface area (Å²) in [5.41, 5.74) is 8.28. The highest BCUT2D eigenvalue weighted by Crippen LogP contribution is 2.54. The Morgan fingerprint density at radius 3 is 2.27 bits per heavy atom. The van der Waals surface area contributed by atoms with E-state index < -0.39 is 0 Å². The van der Waals surface area contributed by atoms with Crippen LogP contribution in [0.25, 0.3) is 0 Å². The molecule has 0 aromatic heterocycles. The molecule has 1 atom stereocenters. The lowest BCUT2D eigenvalue weighted by Gasteiger charge is -2.37. The quantitative estimate of drug-likeness (QED) is 0.799. The van der Waals surface area contributed by atoms with Crippen molar-refractivity contribution in [1.29, 1.82) is 0 Å². The molecule has 0 saturated heterocycles. The molecule has 0 radical (unpaired) electrons. The molecule has 0 amide bonds. The summed E-state index contributed by atoms with van der Waals surface area (Å²) < 4.78 is 0. The Balaban J connectivity index is 1.84. The van der Waals surface area contributed by atoms with Crippen molar-refractivity contribution in [3.8, 4) is 0 Å². The predicted octanol–water partition coefficient (Wildman–Crippen LogP) is 2.85. The normalized spacial score (nSPS) is 25.7. The molecular weight excluding hydrogens is 182 g/mol. The summed E-state index contributed by atoms with van der Waals surface area (Å²) in [6, 6.07) is 11.3. The fourth-order valence-electron chi connectivity index (χ4n) is 2.97. The third-order valence-electron chi connectivity index (χ3n) is 4.43. The zero-order valence-corrected chi connectivity index (χ0v) is 9.15. The van der Waals surface area contributed by atoms with Gasteiger partial charge >= 0.3 is 0 Å². The topological polar surface area (TPSA) is 26.0 Å². The Kier molecular flexibility index (Phi) is 2.10. The van der Waals surface area contributed by atoms with Crippen LogP contribution in [0.4, 0.5) is 0 Å². The van der Waals surface area contributed by atoms with Crippen molar-refractivity contribution < 1.29 is 0 Å². The van der Waals surface area contributed by atoms with E-state index in [1.807, 2.05) is 0 Å². The molecule has 15 heavy (non-hydrogen) atoms. The van der Waals surface area contributed by atoms with Gasteiger partial charge in [-0.3, -0.25) is 0 Å².